The van der Waals surface area contributed by atoms with Crippen LogP contribution < -0.4 is 0 Å². The van der Waals surface area contributed by atoms with E-state index in [1.807, 2.05) is 0 Å². The lowest BCUT2D eigenvalue weighted by Crippen LogP contribution is -2.41. The van der Waals surface area contributed by atoms with E-state index < -0.39 is 10.0 Å². The summed E-state index contributed by atoms with van der Waals surface area (Å²) < 4.78 is 30.6. The average Bonchev–Trinajstić information content (AvgIpc) is 3.13. The molecule has 0 bridgehead atoms. The summed E-state index contributed by atoms with van der Waals surface area (Å²) in [5.74, 6) is 0.351. The molecule has 0 amide bonds. The molecule has 1 aliphatic heterocycles. The van der Waals surface area contributed by atoms with Crippen LogP contribution >= 0.6 is 0 Å². The number of ether oxygens (including phenoxy) is 1. The number of hydrogen-bond donors (Lipinski definition) is 0. The smallest absolute Gasteiger partial charge is 0.309 e. The maximum atomic E-state index is 12.0. The second-order valence-electron chi connectivity index (χ2n) is 5.15. The molecule has 1 aliphatic carbocycles. The van der Waals surface area contributed by atoms with E-state index in [1.54, 1.807) is 11.2 Å². The van der Waals surface area contributed by atoms with Gasteiger partial charge in [0.1, 0.15) is 0 Å². The Morgan fingerprint density at radius 1 is 1.22 bits per heavy atom. The molecule has 0 aromatic carbocycles. The molecule has 5 nitrogen and oxygen atoms in total. The lowest BCUT2D eigenvalue weighted by atomic mass is 9.98. The Labute approximate surface area is 109 Å². The van der Waals surface area contributed by atoms with Crippen LogP contribution in [0.4, 0.5) is 0 Å². The molecule has 0 aromatic rings. The Balaban J connectivity index is 1.83. The number of carbonyl (C=O) groups is 1. The summed E-state index contributed by atoms with van der Waals surface area (Å²) in [5, 5.41) is 0. The van der Waals surface area contributed by atoms with Crippen LogP contribution in [0.5, 0.6) is 0 Å². The fourth-order valence-corrected chi connectivity index (χ4v) is 4.22. The van der Waals surface area contributed by atoms with Crippen LogP contribution in [-0.2, 0) is 19.6 Å². The second kappa shape index (κ2) is 5.57. The van der Waals surface area contributed by atoms with E-state index in [0.29, 0.717) is 38.5 Å². The van der Waals surface area contributed by atoms with Crippen molar-refractivity contribution in [3.63, 3.8) is 0 Å². The molecule has 0 spiro atoms. The minimum absolute atomic E-state index is 0.127. The number of piperidine rings is 1. The van der Waals surface area contributed by atoms with E-state index in [-0.39, 0.29) is 17.6 Å². The first-order chi connectivity index (χ1) is 8.53. The van der Waals surface area contributed by atoms with Crippen molar-refractivity contribution in [2.45, 2.75) is 32.6 Å². The molecule has 2 aliphatic rings. The fourth-order valence-electron chi connectivity index (χ4n) is 2.32. The van der Waals surface area contributed by atoms with E-state index in [4.69, 9.17) is 4.74 Å². The van der Waals surface area contributed by atoms with Gasteiger partial charge in [-0.25, -0.2) is 12.7 Å². The molecule has 0 radical (unpaired) electrons. The summed E-state index contributed by atoms with van der Waals surface area (Å²) in [5.41, 5.74) is 0. The van der Waals surface area contributed by atoms with Gasteiger partial charge in [-0.2, -0.15) is 0 Å². The number of rotatable bonds is 5. The molecule has 2 fully saturated rings. The molecule has 1 saturated carbocycles. The summed E-state index contributed by atoms with van der Waals surface area (Å²) in [6.07, 6.45) is 3.25. The van der Waals surface area contributed by atoms with E-state index in [9.17, 15) is 13.2 Å². The number of sulfonamides is 1. The Bertz CT molecular complexity index is 394. The third-order valence-electron chi connectivity index (χ3n) is 3.61. The molecule has 1 heterocycles. The Hall–Kier alpha value is -0.620. The van der Waals surface area contributed by atoms with Crippen LogP contribution in [0.3, 0.4) is 0 Å². The highest BCUT2D eigenvalue weighted by atomic mass is 32.2. The summed E-state index contributed by atoms with van der Waals surface area (Å²) in [7, 11) is -3.10. The maximum Gasteiger partial charge on any atom is 0.309 e. The van der Waals surface area contributed by atoms with Gasteiger partial charge in [0.05, 0.1) is 18.3 Å². The summed E-state index contributed by atoms with van der Waals surface area (Å²) >= 11 is 0. The Morgan fingerprint density at radius 2 is 1.83 bits per heavy atom. The van der Waals surface area contributed by atoms with Crippen molar-refractivity contribution < 1.29 is 17.9 Å². The lowest BCUT2D eigenvalue weighted by molar-refractivity contribution is -0.149. The van der Waals surface area contributed by atoms with Crippen molar-refractivity contribution in [3.05, 3.63) is 0 Å². The van der Waals surface area contributed by atoms with Gasteiger partial charge in [-0.05, 0) is 38.5 Å². The molecular weight excluding hydrogens is 254 g/mol. The van der Waals surface area contributed by atoms with Gasteiger partial charge in [0.2, 0.25) is 10.0 Å². The van der Waals surface area contributed by atoms with Gasteiger partial charge in [0.15, 0.2) is 0 Å². The van der Waals surface area contributed by atoms with Gasteiger partial charge in [-0.1, -0.05) is 0 Å². The summed E-state index contributed by atoms with van der Waals surface area (Å²) in [6, 6.07) is 0. The zero-order valence-corrected chi connectivity index (χ0v) is 11.6. The van der Waals surface area contributed by atoms with Crippen molar-refractivity contribution in [2.75, 3.05) is 25.4 Å². The van der Waals surface area contributed by atoms with Crippen LogP contribution in [0.2, 0.25) is 0 Å². The van der Waals surface area contributed by atoms with E-state index >= 15 is 0 Å². The van der Waals surface area contributed by atoms with Crippen molar-refractivity contribution in [1.82, 2.24) is 4.31 Å². The molecule has 0 N–H and O–H groups in total. The Kier molecular flexibility index (Phi) is 4.27. The minimum atomic E-state index is -3.10. The molecule has 6 heteroatoms. The van der Waals surface area contributed by atoms with Crippen molar-refractivity contribution in [1.29, 1.82) is 0 Å². The largest absolute Gasteiger partial charge is 0.466 e. The predicted molar refractivity (Wildman–Crippen MR) is 67.4 cm³/mol. The van der Waals surface area contributed by atoms with Gasteiger partial charge in [0, 0.05) is 13.1 Å². The molecule has 0 atom stereocenters. The van der Waals surface area contributed by atoms with Gasteiger partial charge in [0.25, 0.3) is 0 Å². The van der Waals surface area contributed by atoms with Crippen LogP contribution in [-0.4, -0.2) is 44.1 Å². The first kappa shape index (κ1) is 13.8. The zero-order chi connectivity index (χ0) is 13.2. The molecular formula is C12H21NO4S. The molecule has 18 heavy (non-hydrogen) atoms. The number of hydrogen-bond acceptors (Lipinski definition) is 4. The highest BCUT2D eigenvalue weighted by Gasteiger charge is 2.35. The van der Waals surface area contributed by atoms with Crippen molar-refractivity contribution in [3.8, 4) is 0 Å². The van der Waals surface area contributed by atoms with Crippen LogP contribution in [0.1, 0.15) is 32.6 Å². The molecule has 104 valence electrons. The second-order valence-corrected chi connectivity index (χ2v) is 7.16. The normalized spacial score (nSPS) is 22.9. The van der Waals surface area contributed by atoms with Gasteiger partial charge >= 0.3 is 5.97 Å². The minimum Gasteiger partial charge on any atom is -0.466 e. The van der Waals surface area contributed by atoms with E-state index in [1.165, 1.54) is 0 Å². The van der Waals surface area contributed by atoms with Crippen LogP contribution in [0, 0.1) is 11.8 Å². The van der Waals surface area contributed by atoms with E-state index in [0.717, 1.165) is 12.8 Å². The zero-order valence-electron chi connectivity index (χ0n) is 10.8. The SMILES string of the molecule is CCOC(=O)C1CCN(S(=O)(=O)CC2CC2)CC1. The van der Waals surface area contributed by atoms with Gasteiger partial charge in [-0.3, -0.25) is 4.79 Å². The fraction of sp³-hybridized carbons (Fsp3) is 0.917. The maximum absolute atomic E-state index is 12.0. The first-order valence-electron chi connectivity index (χ1n) is 6.67. The molecule has 1 saturated heterocycles. The third-order valence-corrected chi connectivity index (χ3v) is 5.66. The van der Waals surface area contributed by atoms with Gasteiger partial charge < -0.3 is 4.74 Å². The molecule has 0 aromatic heterocycles. The highest BCUT2D eigenvalue weighted by Crippen LogP contribution is 2.32. The van der Waals surface area contributed by atoms with Gasteiger partial charge in [-0.15, -0.1) is 0 Å². The first-order valence-corrected chi connectivity index (χ1v) is 8.28. The lowest BCUT2D eigenvalue weighted by Gasteiger charge is -2.30. The molecule has 0 unspecified atom stereocenters. The third kappa shape index (κ3) is 3.45. The quantitative estimate of drug-likeness (QED) is 0.702. The number of esters is 1. The monoisotopic (exact) mass is 275 g/mol. The molecule has 2 rings (SSSR count). The Morgan fingerprint density at radius 3 is 2.33 bits per heavy atom. The van der Waals surface area contributed by atoms with Crippen LogP contribution in [0.15, 0.2) is 0 Å². The van der Waals surface area contributed by atoms with E-state index in [2.05, 4.69) is 0 Å². The van der Waals surface area contributed by atoms with Crippen LogP contribution in [0.25, 0.3) is 0 Å². The number of carbonyl (C=O) groups excluding carboxylic acids is 1. The van der Waals surface area contributed by atoms with Crippen molar-refractivity contribution in [2.24, 2.45) is 11.8 Å². The standard InChI is InChI=1S/C12H21NO4S/c1-2-17-12(14)11-5-7-13(8-6-11)18(15,16)9-10-3-4-10/h10-11H,2-9H2,1H3. The summed E-state index contributed by atoms with van der Waals surface area (Å²) in [6.45, 7) is 3.09. The topological polar surface area (TPSA) is 63.7 Å². The summed E-state index contributed by atoms with van der Waals surface area (Å²) in [4.78, 5) is 11.6. The van der Waals surface area contributed by atoms with Crippen molar-refractivity contribution >= 4 is 16.0 Å². The number of nitrogens with zero attached hydrogens (tertiary/aromatic N) is 1. The predicted octanol–water partition coefficient (Wildman–Crippen LogP) is 1.00. The average molecular weight is 275 g/mol. The highest BCUT2D eigenvalue weighted by molar-refractivity contribution is 7.89.